The molecule has 1 unspecified atom stereocenters. The Kier molecular flexibility index (Phi) is 6.52. The molecule has 152 valence electrons. The number of amides is 2. The van der Waals surface area contributed by atoms with Gasteiger partial charge in [-0.1, -0.05) is 48.5 Å². The summed E-state index contributed by atoms with van der Waals surface area (Å²) in [5.74, 6) is 1.31. The number of hydrogen-bond donors (Lipinski definition) is 0. The number of hydrogen-bond acceptors (Lipinski definition) is 4. The zero-order chi connectivity index (χ0) is 20.1. The molecule has 2 aromatic rings. The van der Waals surface area contributed by atoms with E-state index in [0.29, 0.717) is 17.2 Å². The van der Waals surface area contributed by atoms with Crippen LogP contribution >= 0.6 is 11.8 Å². The fraction of sp³-hybridized carbons (Fsp3) is 0.391. The van der Waals surface area contributed by atoms with Gasteiger partial charge in [-0.2, -0.15) is 0 Å². The highest BCUT2D eigenvalue weighted by Crippen LogP contribution is 2.25. The lowest BCUT2D eigenvalue weighted by atomic mass is 10.1. The van der Waals surface area contributed by atoms with E-state index in [0.717, 1.165) is 39.1 Å². The number of benzene rings is 2. The van der Waals surface area contributed by atoms with Gasteiger partial charge in [-0.3, -0.25) is 14.5 Å². The van der Waals surface area contributed by atoms with E-state index in [1.54, 1.807) is 16.7 Å². The molecule has 0 N–H and O–H groups in total. The lowest BCUT2D eigenvalue weighted by molar-refractivity contribution is -0.134. The van der Waals surface area contributed by atoms with Crippen LogP contribution in [0.25, 0.3) is 0 Å². The van der Waals surface area contributed by atoms with Gasteiger partial charge < -0.3 is 9.80 Å². The van der Waals surface area contributed by atoms with E-state index in [9.17, 15) is 9.59 Å². The fourth-order valence-corrected chi connectivity index (χ4v) is 5.14. The molecule has 2 saturated heterocycles. The number of carbonyl (C=O) groups is 2. The molecule has 29 heavy (non-hydrogen) atoms. The van der Waals surface area contributed by atoms with Crippen LogP contribution < -0.4 is 0 Å². The molecule has 0 bridgehead atoms. The molecule has 2 aromatic carbocycles. The monoisotopic (exact) mass is 409 g/mol. The largest absolute Gasteiger partial charge is 0.340 e. The maximum Gasteiger partial charge on any atom is 0.255 e. The first-order chi connectivity index (χ1) is 14.2. The molecule has 1 atom stereocenters. The Labute approximate surface area is 176 Å². The highest BCUT2D eigenvalue weighted by atomic mass is 32.2. The van der Waals surface area contributed by atoms with Gasteiger partial charge in [0, 0.05) is 44.0 Å². The molecule has 2 aliphatic heterocycles. The van der Waals surface area contributed by atoms with Crippen LogP contribution in [0.4, 0.5) is 0 Å². The van der Waals surface area contributed by atoms with Crippen LogP contribution in [0.2, 0.25) is 0 Å². The molecule has 2 aliphatic rings. The molecule has 0 radical (unpaired) electrons. The van der Waals surface area contributed by atoms with Crippen molar-refractivity contribution in [2.24, 2.45) is 0 Å². The first kappa shape index (κ1) is 20.0. The molecule has 2 fully saturated rings. The molecule has 0 aromatic heterocycles. The van der Waals surface area contributed by atoms with Crippen molar-refractivity contribution in [1.82, 2.24) is 14.7 Å². The second-order valence-corrected chi connectivity index (χ2v) is 8.60. The van der Waals surface area contributed by atoms with Crippen molar-refractivity contribution < 1.29 is 9.59 Å². The van der Waals surface area contributed by atoms with Crippen LogP contribution in [-0.2, 0) is 11.3 Å². The molecule has 5 nitrogen and oxygen atoms in total. The molecule has 0 saturated carbocycles. The minimum atomic E-state index is -0.353. The zero-order valence-corrected chi connectivity index (χ0v) is 17.4. The number of nitrogens with zero attached hydrogens (tertiary/aromatic N) is 3. The molecule has 2 heterocycles. The minimum Gasteiger partial charge on any atom is -0.340 e. The Bertz CT molecular complexity index is 831. The van der Waals surface area contributed by atoms with E-state index in [4.69, 9.17) is 0 Å². The quantitative estimate of drug-likeness (QED) is 0.779. The molecule has 4 rings (SSSR count). The van der Waals surface area contributed by atoms with E-state index in [1.807, 2.05) is 41.3 Å². The summed E-state index contributed by atoms with van der Waals surface area (Å²) in [4.78, 5) is 32.3. The van der Waals surface area contributed by atoms with Gasteiger partial charge >= 0.3 is 0 Å². The smallest absolute Gasteiger partial charge is 0.255 e. The second kappa shape index (κ2) is 9.46. The van der Waals surface area contributed by atoms with E-state index >= 15 is 0 Å². The molecular weight excluding hydrogens is 382 g/mol. The maximum atomic E-state index is 13.3. The Hall–Kier alpha value is -2.31. The van der Waals surface area contributed by atoms with Crippen LogP contribution in [0.5, 0.6) is 0 Å². The molecule has 0 aliphatic carbocycles. The second-order valence-electron chi connectivity index (χ2n) is 7.60. The third kappa shape index (κ3) is 4.82. The topological polar surface area (TPSA) is 43.9 Å². The van der Waals surface area contributed by atoms with Gasteiger partial charge in [-0.05, 0) is 24.1 Å². The summed E-state index contributed by atoms with van der Waals surface area (Å²) in [5.41, 5.74) is 1.96. The van der Waals surface area contributed by atoms with Crippen molar-refractivity contribution in [3.05, 3.63) is 71.8 Å². The number of thioether (sulfide) groups is 1. The predicted octanol–water partition coefficient (Wildman–Crippen LogP) is 2.94. The summed E-state index contributed by atoms with van der Waals surface area (Å²) in [7, 11) is 0. The summed E-state index contributed by atoms with van der Waals surface area (Å²) >= 11 is 1.66. The number of rotatable bonds is 4. The van der Waals surface area contributed by atoms with Gasteiger partial charge in [0.15, 0.2) is 0 Å². The fourth-order valence-electron chi connectivity index (χ4n) is 4.00. The van der Waals surface area contributed by atoms with Gasteiger partial charge in [0.25, 0.3) is 5.91 Å². The van der Waals surface area contributed by atoms with Gasteiger partial charge in [-0.15, -0.1) is 11.8 Å². The van der Waals surface area contributed by atoms with Gasteiger partial charge in [0.2, 0.25) is 5.91 Å². The molecular formula is C23H27N3O2S. The molecule has 0 spiro atoms. The predicted molar refractivity (Wildman–Crippen MR) is 117 cm³/mol. The van der Waals surface area contributed by atoms with Crippen molar-refractivity contribution in [3.8, 4) is 0 Å². The Morgan fingerprint density at radius 2 is 1.62 bits per heavy atom. The first-order valence-corrected chi connectivity index (χ1v) is 11.4. The summed E-state index contributed by atoms with van der Waals surface area (Å²) in [5, 5.41) is 0. The molecule has 2 amide bonds. The first-order valence-electron chi connectivity index (χ1n) is 10.2. The summed E-state index contributed by atoms with van der Waals surface area (Å²) in [6.45, 7) is 4.26. The lowest BCUT2D eigenvalue weighted by Gasteiger charge is -2.29. The Morgan fingerprint density at radius 3 is 2.38 bits per heavy atom. The average molecular weight is 410 g/mol. The van der Waals surface area contributed by atoms with E-state index in [1.165, 1.54) is 5.56 Å². The van der Waals surface area contributed by atoms with Crippen molar-refractivity contribution in [2.75, 3.05) is 37.8 Å². The number of carbonyl (C=O) groups excluding carboxylic acids is 2. The van der Waals surface area contributed by atoms with Gasteiger partial charge in [-0.25, -0.2) is 0 Å². The van der Waals surface area contributed by atoms with Gasteiger partial charge in [0.05, 0.1) is 5.88 Å². The van der Waals surface area contributed by atoms with Crippen LogP contribution in [0.3, 0.4) is 0 Å². The highest BCUT2D eigenvalue weighted by Gasteiger charge is 2.37. The Balaban J connectivity index is 1.38. The third-order valence-electron chi connectivity index (χ3n) is 5.60. The lowest BCUT2D eigenvalue weighted by Crippen LogP contribution is -2.49. The highest BCUT2D eigenvalue weighted by molar-refractivity contribution is 7.99. The van der Waals surface area contributed by atoms with Gasteiger partial charge in [0.1, 0.15) is 6.04 Å². The van der Waals surface area contributed by atoms with Crippen molar-refractivity contribution >= 4 is 23.6 Å². The zero-order valence-electron chi connectivity index (χ0n) is 16.6. The summed E-state index contributed by atoms with van der Waals surface area (Å²) in [6.07, 6.45) is 0.963. The minimum absolute atomic E-state index is 0.0468. The normalized spacial score (nSPS) is 20.5. The van der Waals surface area contributed by atoms with Crippen LogP contribution in [0.1, 0.15) is 22.3 Å². The van der Waals surface area contributed by atoms with Crippen molar-refractivity contribution in [2.45, 2.75) is 19.0 Å². The van der Waals surface area contributed by atoms with Crippen molar-refractivity contribution in [1.29, 1.82) is 0 Å². The SMILES string of the molecule is O=C(C1CSCN1C(=O)c1ccccc1)N1CCCN(Cc2ccccc2)CC1. The van der Waals surface area contributed by atoms with E-state index in [2.05, 4.69) is 29.2 Å². The van der Waals surface area contributed by atoms with E-state index in [-0.39, 0.29) is 17.9 Å². The van der Waals surface area contributed by atoms with E-state index < -0.39 is 0 Å². The standard InChI is InChI=1S/C23H27N3O2S/c27-22(20-10-5-2-6-11-20)26-18-29-17-21(26)23(28)25-13-7-12-24(14-15-25)16-19-8-3-1-4-9-19/h1-6,8-11,21H,7,12-18H2. The summed E-state index contributed by atoms with van der Waals surface area (Å²) in [6, 6.07) is 19.4. The maximum absolute atomic E-state index is 13.3. The summed E-state index contributed by atoms with van der Waals surface area (Å²) < 4.78 is 0. The Morgan fingerprint density at radius 1 is 0.897 bits per heavy atom. The average Bonchev–Trinajstić information content (AvgIpc) is 3.14. The third-order valence-corrected chi connectivity index (χ3v) is 6.61. The van der Waals surface area contributed by atoms with Crippen LogP contribution in [0, 0.1) is 0 Å². The van der Waals surface area contributed by atoms with Crippen LogP contribution in [0.15, 0.2) is 60.7 Å². The van der Waals surface area contributed by atoms with Crippen LogP contribution in [-0.4, -0.2) is 70.4 Å². The molecule has 6 heteroatoms. The van der Waals surface area contributed by atoms with Crippen molar-refractivity contribution in [3.63, 3.8) is 0 Å².